The first-order chi connectivity index (χ1) is 12.5. The molecule has 0 aromatic carbocycles. The molecule has 3 heterocycles. The Morgan fingerprint density at radius 3 is 2.69 bits per heavy atom. The largest absolute Gasteiger partial charge is 0.481 e. The Kier molecular flexibility index (Phi) is 4.79. The standard InChI is InChI=1S/C19H26N2O4S/c1-25-10-15-6-7-16(26-15)17(22)21-9-13-8-20(14-4-2-3-5-14)11-19(13,12-21)18(23)24/h6-7,13-14H,2-5,8-12H2,1H3,(H,23,24)/t13-,19-/m0/s1. The number of carbonyl (C=O) groups excluding carboxylic acids is 1. The van der Waals surface area contributed by atoms with Crippen molar-refractivity contribution in [2.45, 2.75) is 38.3 Å². The minimum absolute atomic E-state index is 0.0305. The number of hydrogen-bond acceptors (Lipinski definition) is 5. The van der Waals surface area contributed by atoms with Crippen LogP contribution in [-0.2, 0) is 16.1 Å². The van der Waals surface area contributed by atoms with Gasteiger partial charge >= 0.3 is 5.97 Å². The second-order valence-electron chi connectivity index (χ2n) is 7.91. The summed E-state index contributed by atoms with van der Waals surface area (Å²) in [5.41, 5.74) is -0.801. The first-order valence-electron chi connectivity index (χ1n) is 9.38. The average Bonchev–Trinajstić information content (AvgIpc) is 3.36. The third-order valence-corrected chi connectivity index (χ3v) is 7.40. The summed E-state index contributed by atoms with van der Waals surface area (Å²) in [5, 5.41) is 10.0. The molecule has 2 atom stereocenters. The fraction of sp³-hybridized carbons (Fsp3) is 0.684. The van der Waals surface area contributed by atoms with Crippen molar-refractivity contribution in [1.82, 2.24) is 9.80 Å². The highest BCUT2D eigenvalue weighted by Crippen LogP contribution is 2.45. The molecule has 26 heavy (non-hydrogen) atoms. The summed E-state index contributed by atoms with van der Waals surface area (Å²) in [6.45, 7) is 2.76. The summed E-state index contributed by atoms with van der Waals surface area (Å²) >= 11 is 1.43. The molecule has 6 nitrogen and oxygen atoms in total. The number of fused-ring (bicyclic) bond motifs is 1. The van der Waals surface area contributed by atoms with E-state index in [1.165, 1.54) is 37.0 Å². The first kappa shape index (κ1) is 17.9. The molecule has 3 aliphatic rings. The molecule has 1 aromatic heterocycles. The Labute approximate surface area is 157 Å². The van der Waals surface area contributed by atoms with Gasteiger partial charge in [0.25, 0.3) is 5.91 Å². The molecule has 0 unspecified atom stereocenters. The molecule has 4 rings (SSSR count). The molecule has 2 saturated heterocycles. The smallest absolute Gasteiger partial charge is 0.313 e. The summed E-state index contributed by atoms with van der Waals surface area (Å²) in [7, 11) is 1.63. The maximum atomic E-state index is 12.9. The maximum Gasteiger partial charge on any atom is 0.313 e. The zero-order chi connectivity index (χ0) is 18.3. The van der Waals surface area contributed by atoms with Crippen LogP contribution in [0.1, 0.15) is 40.2 Å². The van der Waals surface area contributed by atoms with Crippen molar-refractivity contribution < 1.29 is 19.4 Å². The number of carboxylic acids is 1. The molecular weight excluding hydrogens is 352 g/mol. The second-order valence-corrected chi connectivity index (χ2v) is 9.08. The van der Waals surface area contributed by atoms with E-state index >= 15 is 0 Å². The van der Waals surface area contributed by atoms with Gasteiger partial charge in [-0.3, -0.25) is 14.5 Å². The Morgan fingerprint density at radius 1 is 1.27 bits per heavy atom. The highest BCUT2D eigenvalue weighted by Gasteiger charge is 2.59. The molecule has 1 saturated carbocycles. The molecule has 7 heteroatoms. The van der Waals surface area contributed by atoms with Gasteiger partial charge in [-0.2, -0.15) is 0 Å². The van der Waals surface area contributed by atoms with Gasteiger partial charge in [0, 0.05) is 50.1 Å². The Morgan fingerprint density at radius 2 is 2.04 bits per heavy atom. The van der Waals surface area contributed by atoms with Gasteiger partial charge in [-0.05, 0) is 25.0 Å². The first-order valence-corrected chi connectivity index (χ1v) is 10.2. The molecule has 0 spiro atoms. The van der Waals surface area contributed by atoms with E-state index in [4.69, 9.17) is 4.74 Å². The van der Waals surface area contributed by atoms with Crippen molar-refractivity contribution in [2.75, 3.05) is 33.3 Å². The summed E-state index contributed by atoms with van der Waals surface area (Å²) in [5.74, 6) is -0.757. The van der Waals surface area contributed by atoms with Gasteiger partial charge < -0.3 is 14.7 Å². The molecule has 142 valence electrons. The number of ether oxygens (including phenoxy) is 1. The Bertz CT molecular complexity index is 699. The lowest BCUT2D eigenvalue weighted by Crippen LogP contribution is -2.43. The SMILES string of the molecule is COCc1ccc(C(=O)N2C[C@@H]3CN(C4CCCC4)C[C@]3(C(=O)O)C2)s1. The number of likely N-dealkylation sites (tertiary alicyclic amines) is 2. The van der Waals surface area contributed by atoms with E-state index in [1.807, 2.05) is 12.1 Å². The van der Waals surface area contributed by atoms with Gasteiger partial charge in [-0.15, -0.1) is 11.3 Å². The summed E-state index contributed by atoms with van der Waals surface area (Å²) in [6, 6.07) is 4.27. The monoisotopic (exact) mass is 378 g/mol. The molecule has 1 N–H and O–H groups in total. The molecule has 3 fully saturated rings. The van der Waals surface area contributed by atoms with E-state index in [2.05, 4.69) is 4.90 Å². The van der Waals surface area contributed by atoms with Gasteiger partial charge in [-0.25, -0.2) is 0 Å². The van der Waals surface area contributed by atoms with Gasteiger partial charge in [0.15, 0.2) is 0 Å². The lowest BCUT2D eigenvalue weighted by atomic mass is 9.81. The van der Waals surface area contributed by atoms with E-state index in [0.717, 1.165) is 11.4 Å². The van der Waals surface area contributed by atoms with Gasteiger partial charge in [-0.1, -0.05) is 12.8 Å². The molecule has 1 amide bonds. The number of methoxy groups -OCH3 is 1. The van der Waals surface area contributed by atoms with Crippen molar-refractivity contribution in [3.63, 3.8) is 0 Å². The Balaban J connectivity index is 1.48. The molecule has 1 aromatic rings. The van der Waals surface area contributed by atoms with E-state index in [-0.39, 0.29) is 11.8 Å². The number of hydrogen-bond donors (Lipinski definition) is 1. The third-order valence-electron chi connectivity index (χ3n) is 6.35. The van der Waals surface area contributed by atoms with E-state index < -0.39 is 11.4 Å². The fourth-order valence-corrected chi connectivity index (χ4v) is 5.93. The minimum atomic E-state index is -0.801. The predicted molar refractivity (Wildman–Crippen MR) is 98.3 cm³/mol. The van der Waals surface area contributed by atoms with Crippen LogP contribution in [-0.4, -0.2) is 66.1 Å². The van der Waals surface area contributed by atoms with Crippen LogP contribution in [0.4, 0.5) is 0 Å². The van der Waals surface area contributed by atoms with Crippen LogP contribution < -0.4 is 0 Å². The predicted octanol–water partition coefficient (Wildman–Crippen LogP) is 2.30. The number of aliphatic carboxylic acids is 1. The van der Waals surface area contributed by atoms with Crippen LogP contribution in [0.5, 0.6) is 0 Å². The number of thiophene rings is 1. The van der Waals surface area contributed by atoms with Crippen molar-refractivity contribution in [3.8, 4) is 0 Å². The summed E-state index contributed by atoms with van der Waals surface area (Å²) < 4.78 is 5.12. The Hall–Kier alpha value is -1.44. The zero-order valence-corrected chi connectivity index (χ0v) is 16.0. The lowest BCUT2D eigenvalue weighted by molar-refractivity contribution is -0.148. The minimum Gasteiger partial charge on any atom is -0.481 e. The fourth-order valence-electron chi connectivity index (χ4n) is 4.98. The average molecular weight is 378 g/mol. The maximum absolute atomic E-state index is 12.9. The van der Waals surface area contributed by atoms with Crippen LogP contribution in [0.3, 0.4) is 0 Å². The summed E-state index contributed by atoms with van der Waals surface area (Å²) in [6.07, 6.45) is 4.86. The molecule has 0 radical (unpaired) electrons. The van der Waals surface area contributed by atoms with Crippen molar-refractivity contribution in [3.05, 3.63) is 21.9 Å². The number of amides is 1. The zero-order valence-electron chi connectivity index (χ0n) is 15.1. The highest BCUT2D eigenvalue weighted by atomic mass is 32.1. The third kappa shape index (κ3) is 2.96. The number of carbonyl (C=O) groups is 2. The van der Waals surface area contributed by atoms with E-state index in [1.54, 1.807) is 12.0 Å². The highest BCUT2D eigenvalue weighted by molar-refractivity contribution is 7.14. The molecule has 0 bridgehead atoms. The molecule has 2 aliphatic heterocycles. The van der Waals surface area contributed by atoms with Gasteiger partial charge in [0.2, 0.25) is 0 Å². The van der Waals surface area contributed by atoms with Crippen LogP contribution in [0.25, 0.3) is 0 Å². The van der Waals surface area contributed by atoms with Gasteiger partial charge in [0.1, 0.15) is 5.41 Å². The lowest BCUT2D eigenvalue weighted by Gasteiger charge is -2.28. The normalized spacial score (nSPS) is 29.4. The topological polar surface area (TPSA) is 70.1 Å². The quantitative estimate of drug-likeness (QED) is 0.851. The van der Waals surface area contributed by atoms with Crippen molar-refractivity contribution in [1.29, 1.82) is 0 Å². The van der Waals surface area contributed by atoms with Crippen LogP contribution in [0.2, 0.25) is 0 Å². The second kappa shape index (κ2) is 6.94. The van der Waals surface area contributed by atoms with Gasteiger partial charge in [0.05, 0.1) is 11.5 Å². The van der Waals surface area contributed by atoms with Crippen LogP contribution >= 0.6 is 11.3 Å². The number of rotatable bonds is 5. The molecule has 1 aliphatic carbocycles. The number of nitrogens with zero attached hydrogens (tertiary/aromatic N) is 2. The van der Waals surface area contributed by atoms with Crippen LogP contribution in [0.15, 0.2) is 12.1 Å². The molecular formula is C19H26N2O4S. The van der Waals surface area contributed by atoms with Crippen molar-refractivity contribution >= 4 is 23.2 Å². The van der Waals surface area contributed by atoms with Crippen LogP contribution in [0, 0.1) is 11.3 Å². The van der Waals surface area contributed by atoms with E-state index in [9.17, 15) is 14.7 Å². The van der Waals surface area contributed by atoms with E-state index in [0.29, 0.717) is 37.2 Å². The summed E-state index contributed by atoms with van der Waals surface area (Å²) in [4.78, 5) is 30.9. The number of carboxylic acid groups (broad SMARTS) is 1. The van der Waals surface area contributed by atoms with Crippen molar-refractivity contribution in [2.24, 2.45) is 11.3 Å².